The summed E-state index contributed by atoms with van der Waals surface area (Å²) < 4.78 is 10.0. The molecule has 0 aliphatic carbocycles. The summed E-state index contributed by atoms with van der Waals surface area (Å²) in [4.78, 5) is 67.2. The lowest BCUT2D eigenvalue weighted by Crippen LogP contribution is -2.59. The van der Waals surface area contributed by atoms with Gasteiger partial charge in [0.25, 0.3) is 5.91 Å². The largest absolute Gasteiger partial charge is 0.453 e. The number of hydrazine groups is 1. The van der Waals surface area contributed by atoms with E-state index in [1.165, 1.54) is 18.4 Å². The molecule has 1 aliphatic heterocycles. The van der Waals surface area contributed by atoms with Crippen LogP contribution in [0, 0.1) is 11.8 Å². The van der Waals surface area contributed by atoms with E-state index in [0.29, 0.717) is 39.1 Å². The van der Waals surface area contributed by atoms with Crippen LogP contribution in [-0.2, 0) is 45.2 Å². The molecule has 328 valence electrons. The number of methoxy groups -OCH3 is 2. The molecule has 1 saturated heterocycles. The number of ether oxygens (including phenoxy) is 2. The van der Waals surface area contributed by atoms with Crippen LogP contribution in [0.25, 0.3) is 11.3 Å². The monoisotopic (exact) mass is 856 g/mol. The number of rotatable bonds is 22. The third-order valence-corrected chi connectivity index (χ3v) is 12.0. The summed E-state index contributed by atoms with van der Waals surface area (Å²) in [6.45, 7) is 9.31. The van der Waals surface area contributed by atoms with E-state index in [1.807, 2.05) is 106 Å². The summed E-state index contributed by atoms with van der Waals surface area (Å²) in [6.07, 6.45) is 1.29. The van der Waals surface area contributed by atoms with Gasteiger partial charge in [-0.3, -0.25) is 20.0 Å². The number of nitrogens with zero attached hydrogens (tertiary/aromatic N) is 5. The van der Waals surface area contributed by atoms with Crippen molar-refractivity contribution < 1.29 is 33.8 Å². The lowest BCUT2D eigenvalue weighted by Gasteiger charge is -2.35. The lowest BCUT2D eigenvalue weighted by molar-refractivity contribution is -0.132. The fourth-order valence-electron chi connectivity index (χ4n) is 7.31. The molecule has 61 heavy (non-hydrogen) atoms. The van der Waals surface area contributed by atoms with Crippen LogP contribution in [-0.4, -0.2) is 112 Å². The third kappa shape index (κ3) is 13.0. The number of alkyl carbamates (subject to hydrolysis) is 1. The van der Waals surface area contributed by atoms with Gasteiger partial charge in [-0.25, -0.2) is 19.6 Å². The number of carbonyl (C=O) groups excluding carboxylic acids is 4. The number of carbonyl (C=O) groups is 4. The molecule has 0 bridgehead atoms. The minimum Gasteiger partial charge on any atom is -0.453 e. The summed E-state index contributed by atoms with van der Waals surface area (Å²) in [5.41, 5.74) is 7.17. The number of benzene rings is 2. The Morgan fingerprint density at radius 1 is 0.902 bits per heavy atom. The highest BCUT2D eigenvalue weighted by Crippen LogP contribution is 2.24. The summed E-state index contributed by atoms with van der Waals surface area (Å²) in [5, 5.41) is 22.3. The highest BCUT2D eigenvalue weighted by molar-refractivity contribution is 7.09. The van der Waals surface area contributed by atoms with E-state index in [0.717, 1.165) is 33.1 Å². The molecule has 1 aliphatic rings. The number of aromatic nitrogens is 2. The first-order valence-electron chi connectivity index (χ1n) is 20.8. The van der Waals surface area contributed by atoms with Gasteiger partial charge in [0, 0.05) is 50.4 Å². The second-order valence-corrected chi connectivity index (χ2v) is 16.5. The van der Waals surface area contributed by atoms with Crippen LogP contribution >= 0.6 is 11.3 Å². The molecule has 0 saturated carbocycles. The van der Waals surface area contributed by atoms with Gasteiger partial charge in [-0.1, -0.05) is 101 Å². The first kappa shape index (κ1) is 46.6. The fourth-order valence-corrected chi connectivity index (χ4v) is 8.07. The predicted octanol–water partition coefficient (Wildman–Crippen LogP) is 5.40. The van der Waals surface area contributed by atoms with E-state index < -0.39 is 36.2 Å². The Balaban J connectivity index is 1.40. The Kier molecular flexibility index (Phi) is 17.6. The second kappa shape index (κ2) is 23.0. The van der Waals surface area contributed by atoms with E-state index in [2.05, 4.69) is 26.0 Å². The van der Waals surface area contributed by atoms with Crippen LogP contribution < -0.4 is 16.1 Å². The Hall–Kier alpha value is -5.42. The van der Waals surface area contributed by atoms with Crippen LogP contribution in [0.4, 0.5) is 9.59 Å². The van der Waals surface area contributed by atoms with E-state index in [9.17, 15) is 24.3 Å². The molecule has 16 heteroatoms. The molecule has 4 aromatic rings. The van der Waals surface area contributed by atoms with Gasteiger partial charge in [-0.15, -0.1) is 11.3 Å². The van der Waals surface area contributed by atoms with Crippen molar-refractivity contribution in [1.82, 2.24) is 40.8 Å². The van der Waals surface area contributed by atoms with Gasteiger partial charge in [0.15, 0.2) is 0 Å². The van der Waals surface area contributed by atoms with Crippen molar-refractivity contribution >= 4 is 35.3 Å². The maximum Gasteiger partial charge on any atom is 0.407 e. The third-order valence-electron chi connectivity index (χ3n) is 11.1. The number of aliphatic hydroxyl groups excluding tert-OH is 1. The minimum absolute atomic E-state index is 0.0971. The summed E-state index contributed by atoms with van der Waals surface area (Å²) in [6, 6.07) is 20.2. The summed E-state index contributed by atoms with van der Waals surface area (Å²) >= 11 is 1.48. The molecule has 5 amide bonds. The van der Waals surface area contributed by atoms with Crippen LogP contribution in [0.15, 0.2) is 84.4 Å². The van der Waals surface area contributed by atoms with Crippen molar-refractivity contribution in [3.05, 3.63) is 106 Å². The SMILES string of the molecule is CC[C@H](C)[C@H](NC(=O)OC)C(=O)NN(Cc1ccc(-c2ccccn2)cc1)C[C@H](O)[C@H](Cc1ccccc1)NC(=O)[C@H]([C@@H](C)CC)N1CCN(Cc2csc(COC)n2)C1=O. The predicted molar refractivity (Wildman–Crippen MR) is 234 cm³/mol. The minimum atomic E-state index is -1.21. The van der Waals surface area contributed by atoms with Crippen molar-refractivity contribution in [3.63, 3.8) is 0 Å². The second-order valence-electron chi connectivity index (χ2n) is 15.5. The summed E-state index contributed by atoms with van der Waals surface area (Å²) in [5.74, 6) is -1.30. The smallest absolute Gasteiger partial charge is 0.407 e. The molecule has 2 aromatic carbocycles. The van der Waals surface area contributed by atoms with Crippen LogP contribution in [0.5, 0.6) is 0 Å². The number of hydrogen-bond acceptors (Lipinski definition) is 11. The Labute approximate surface area is 362 Å². The average molecular weight is 857 g/mol. The van der Waals surface area contributed by atoms with E-state index >= 15 is 0 Å². The highest BCUT2D eigenvalue weighted by Gasteiger charge is 2.41. The van der Waals surface area contributed by atoms with Crippen molar-refractivity contribution in [2.45, 2.75) is 90.9 Å². The van der Waals surface area contributed by atoms with E-state index in [4.69, 9.17) is 9.47 Å². The molecular formula is C45H60N8O7S. The van der Waals surface area contributed by atoms with Gasteiger partial charge in [0.05, 0.1) is 43.8 Å². The number of amides is 5. The Morgan fingerprint density at radius 2 is 1.62 bits per heavy atom. The van der Waals surface area contributed by atoms with E-state index in [1.54, 1.807) is 28.1 Å². The van der Waals surface area contributed by atoms with Crippen molar-refractivity contribution in [2.24, 2.45) is 11.8 Å². The molecule has 0 radical (unpaired) electrons. The number of thiazole rings is 1. The van der Waals surface area contributed by atoms with E-state index in [-0.39, 0.29) is 43.3 Å². The lowest BCUT2D eigenvalue weighted by atomic mass is 9.95. The molecule has 5 rings (SSSR count). The van der Waals surface area contributed by atoms with Crippen molar-refractivity contribution in [2.75, 3.05) is 33.9 Å². The van der Waals surface area contributed by atoms with Gasteiger partial charge in [-0.05, 0) is 41.5 Å². The molecule has 3 heterocycles. The molecule has 0 spiro atoms. The van der Waals surface area contributed by atoms with Crippen molar-refractivity contribution in [1.29, 1.82) is 0 Å². The average Bonchev–Trinajstić information content (AvgIpc) is 3.87. The number of hydrogen-bond donors (Lipinski definition) is 4. The fraction of sp³-hybridized carbons (Fsp3) is 0.467. The quantitative estimate of drug-likeness (QED) is 0.0749. The molecule has 0 unspecified atom stereocenters. The molecule has 15 nitrogen and oxygen atoms in total. The van der Waals surface area contributed by atoms with Gasteiger partial charge < -0.3 is 35.0 Å². The van der Waals surface area contributed by atoms with Crippen LogP contribution in [0.1, 0.15) is 62.4 Å². The molecule has 4 N–H and O–H groups in total. The zero-order chi connectivity index (χ0) is 43.9. The van der Waals surface area contributed by atoms with Gasteiger partial charge in [0.1, 0.15) is 17.1 Å². The molecule has 1 fully saturated rings. The number of urea groups is 1. The molecule has 6 atom stereocenters. The first-order valence-corrected chi connectivity index (χ1v) is 21.7. The zero-order valence-corrected chi connectivity index (χ0v) is 36.8. The summed E-state index contributed by atoms with van der Waals surface area (Å²) in [7, 11) is 2.85. The van der Waals surface area contributed by atoms with Crippen LogP contribution in [0.2, 0.25) is 0 Å². The zero-order valence-electron chi connectivity index (χ0n) is 36.0. The van der Waals surface area contributed by atoms with Gasteiger partial charge in [-0.2, -0.15) is 0 Å². The molecule has 2 aromatic heterocycles. The first-order chi connectivity index (χ1) is 29.4. The Bertz CT molecular complexity index is 2000. The van der Waals surface area contributed by atoms with Gasteiger partial charge >= 0.3 is 12.1 Å². The number of nitrogens with one attached hydrogen (secondary N) is 3. The maximum atomic E-state index is 14.6. The number of aliphatic hydroxyl groups is 1. The van der Waals surface area contributed by atoms with Gasteiger partial charge in [0.2, 0.25) is 5.91 Å². The number of pyridine rings is 1. The highest BCUT2D eigenvalue weighted by atomic mass is 32.1. The normalized spacial score (nSPS) is 15.8. The Morgan fingerprint density at radius 3 is 2.28 bits per heavy atom. The standard InChI is InChI=1S/C45H60N8O7S/c1-7-30(3)40(49-44(57)60-6)42(55)50-52(25-33-17-19-34(20-18-33)36-16-12-13-21-46-36)27-38(54)37(24-32-14-10-9-11-15-32)48-43(56)41(31(4)8-2)53-23-22-51(45(53)58)26-35-29-61-39(47-35)28-59-5/h9-21,29-31,37-38,40-41,54H,7-8,22-28H2,1-6H3,(H,48,56)(H,49,57)(H,50,55)/t30-,31-,37-,38-,40-,41-/m0/s1. The van der Waals surface area contributed by atoms with Crippen molar-refractivity contribution in [3.8, 4) is 11.3 Å². The molecular weight excluding hydrogens is 797 g/mol. The maximum absolute atomic E-state index is 14.6. The van der Waals surface area contributed by atoms with Crippen LogP contribution in [0.3, 0.4) is 0 Å². The topological polar surface area (TPSA) is 179 Å².